The summed E-state index contributed by atoms with van der Waals surface area (Å²) in [6.07, 6.45) is 9.03. The summed E-state index contributed by atoms with van der Waals surface area (Å²) in [4.78, 5) is 8.56. The maximum absolute atomic E-state index is 11.8. The molecule has 124 valence electrons. The Morgan fingerprint density at radius 2 is 2.18 bits per heavy atom. The number of aliphatic hydroxyl groups is 1. The van der Waals surface area contributed by atoms with Crippen LogP contribution < -0.4 is 5.32 Å². The summed E-state index contributed by atoms with van der Waals surface area (Å²) < 4.78 is 25.3. The van der Waals surface area contributed by atoms with Gasteiger partial charge in [-0.25, -0.2) is 13.4 Å². The number of piperidine rings is 1. The lowest BCUT2D eigenvalue weighted by atomic mass is 10.00. The normalized spacial score (nSPS) is 20.0. The molecule has 8 heteroatoms. The summed E-state index contributed by atoms with van der Waals surface area (Å²) >= 11 is 0. The minimum absolute atomic E-state index is 0.0481. The Morgan fingerprint density at radius 1 is 1.36 bits per heavy atom. The standard InChI is InChI=1S/C14H24N4O3S/c1-22(20,21)18-8-3-2-4-13(18)6-5-12-10-17-14(11-16-12)15-7-9-19/h10-11,13,19H,2-9H2,1H3,(H,15,17)/t13-/m1/s1. The zero-order valence-electron chi connectivity index (χ0n) is 12.9. The summed E-state index contributed by atoms with van der Waals surface area (Å²) in [6.45, 7) is 1.12. The third-order valence-corrected chi connectivity index (χ3v) is 5.19. The van der Waals surface area contributed by atoms with Gasteiger partial charge in [-0.1, -0.05) is 6.42 Å². The van der Waals surface area contributed by atoms with Crippen LogP contribution in [0.4, 0.5) is 5.82 Å². The Kier molecular flexibility index (Phi) is 6.10. The molecule has 1 aromatic heterocycles. The Morgan fingerprint density at radius 3 is 2.82 bits per heavy atom. The highest BCUT2D eigenvalue weighted by atomic mass is 32.2. The monoisotopic (exact) mass is 328 g/mol. The number of anilines is 1. The first-order valence-electron chi connectivity index (χ1n) is 7.63. The van der Waals surface area contributed by atoms with E-state index >= 15 is 0 Å². The molecule has 0 unspecified atom stereocenters. The number of hydrogen-bond donors (Lipinski definition) is 2. The van der Waals surface area contributed by atoms with E-state index in [0.29, 0.717) is 25.3 Å². The Bertz CT molecular complexity index is 562. The van der Waals surface area contributed by atoms with Gasteiger partial charge in [0.05, 0.1) is 31.0 Å². The molecule has 1 fully saturated rings. The maximum Gasteiger partial charge on any atom is 0.211 e. The van der Waals surface area contributed by atoms with Crippen LogP contribution in [0.1, 0.15) is 31.4 Å². The van der Waals surface area contributed by atoms with Crippen molar-refractivity contribution in [3.8, 4) is 0 Å². The van der Waals surface area contributed by atoms with Gasteiger partial charge in [-0.05, 0) is 25.7 Å². The van der Waals surface area contributed by atoms with Crippen molar-refractivity contribution in [2.45, 2.75) is 38.1 Å². The zero-order valence-corrected chi connectivity index (χ0v) is 13.7. The summed E-state index contributed by atoms with van der Waals surface area (Å²) in [5.41, 5.74) is 0.855. The van der Waals surface area contributed by atoms with Crippen LogP contribution in [0.25, 0.3) is 0 Å². The van der Waals surface area contributed by atoms with E-state index in [9.17, 15) is 8.42 Å². The van der Waals surface area contributed by atoms with Crippen molar-refractivity contribution in [3.63, 3.8) is 0 Å². The molecule has 0 saturated carbocycles. The molecule has 2 heterocycles. The number of rotatable bonds is 7. The van der Waals surface area contributed by atoms with Gasteiger partial charge in [0.25, 0.3) is 0 Å². The van der Waals surface area contributed by atoms with Crippen LogP contribution in [0.5, 0.6) is 0 Å². The lowest BCUT2D eigenvalue weighted by molar-refractivity contribution is 0.242. The van der Waals surface area contributed by atoms with Gasteiger partial charge in [-0.3, -0.25) is 4.98 Å². The molecule has 0 radical (unpaired) electrons. The topological polar surface area (TPSA) is 95.4 Å². The van der Waals surface area contributed by atoms with E-state index in [1.807, 2.05) is 0 Å². The number of aliphatic hydroxyl groups excluding tert-OH is 1. The van der Waals surface area contributed by atoms with Crippen molar-refractivity contribution in [2.24, 2.45) is 0 Å². The fraction of sp³-hybridized carbons (Fsp3) is 0.714. The third-order valence-electron chi connectivity index (χ3n) is 3.86. The number of sulfonamides is 1. The van der Waals surface area contributed by atoms with Crippen molar-refractivity contribution in [1.82, 2.24) is 14.3 Å². The molecule has 0 aromatic carbocycles. The molecule has 1 aliphatic heterocycles. The van der Waals surface area contributed by atoms with Gasteiger partial charge < -0.3 is 10.4 Å². The summed E-state index contributed by atoms with van der Waals surface area (Å²) in [6, 6.07) is 0.0674. The Labute approximate surface area is 131 Å². The van der Waals surface area contributed by atoms with Crippen molar-refractivity contribution in [1.29, 1.82) is 0 Å². The van der Waals surface area contributed by atoms with Gasteiger partial charge in [0.15, 0.2) is 0 Å². The average molecular weight is 328 g/mol. The van der Waals surface area contributed by atoms with E-state index in [0.717, 1.165) is 31.4 Å². The second kappa shape index (κ2) is 7.85. The fourth-order valence-corrected chi connectivity index (χ4v) is 3.99. The molecular weight excluding hydrogens is 304 g/mol. The molecular formula is C14H24N4O3S. The molecule has 2 rings (SSSR count). The van der Waals surface area contributed by atoms with E-state index in [-0.39, 0.29) is 12.6 Å². The van der Waals surface area contributed by atoms with Crippen molar-refractivity contribution >= 4 is 15.8 Å². The van der Waals surface area contributed by atoms with Crippen LogP contribution in [-0.4, -0.2) is 59.8 Å². The first-order valence-corrected chi connectivity index (χ1v) is 9.48. The number of hydrogen-bond acceptors (Lipinski definition) is 6. The molecule has 1 aliphatic rings. The van der Waals surface area contributed by atoms with Gasteiger partial charge in [0, 0.05) is 19.1 Å². The van der Waals surface area contributed by atoms with E-state index in [2.05, 4.69) is 15.3 Å². The minimum atomic E-state index is -3.13. The van der Waals surface area contributed by atoms with Crippen molar-refractivity contribution in [3.05, 3.63) is 18.1 Å². The van der Waals surface area contributed by atoms with Crippen LogP contribution in [-0.2, 0) is 16.4 Å². The summed E-state index contributed by atoms with van der Waals surface area (Å²) in [5.74, 6) is 0.633. The largest absolute Gasteiger partial charge is 0.395 e. The lowest BCUT2D eigenvalue weighted by Crippen LogP contribution is -2.43. The quantitative estimate of drug-likeness (QED) is 0.762. The zero-order chi connectivity index (χ0) is 16.0. The van der Waals surface area contributed by atoms with Gasteiger partial charge in [0.2, 0.25) is 10.0 Å². The van der Waals surface area contributed by atoms with Gasteiger partial charge in [-0.15, -0.1) is 0 Å². The van der Waals surface area contributed by atoms with Crippen LogP contribution in [0.15, 0.2) is 12.4 Å². The molecule has 7 nitrogen and oxygen atoms in total. The number of nitrogens with one attached hydrogen (secondary N) is 1. The maximum atomic E-state index is 11.8. The SMILES string of the molecule is CS(=O)(=O)N1CCCC[C@@H]1CCc1cnc(NCCO)cn1. The van der Waals surface area contributed by atoms with E-state index < -0.39 is 10.0 Å². The smallest absolute Gasteiger partial charge is 0.211 e. The second-order valence-corrected chi connectivity index (χ2v) is 7.54. The average Bonchev–Trinajstić information content (AvgIpc) is 2.51. The van der Waals surface area contributed by atoms with Crippen molar-refractivity contribution in [2.75, 3.05) is 31.3 Å². The predicted molar refractivity (Wildman–Crippen MR) is 85.1 cm³/mol. The van der Waals surface area contributed by atoms with Crippen molar-refractivity contribution < 1.29 is 13.5 Å². The molecule has 0 aliphatic carbocycles. The van der Waals surface area contributed by atoms with Gasteiger partial charge in [0.1, 0.15) is 5.82 Å². The summed E-state index contributed by atoms with van der Waals surface area (Å²) in [5, 5.41) is 11.7. The highest BCUT2D eigenvalue weighted by Crippen LogP contribution is 2.23. The number of nitrogens with zero attached hydrogens (tertiary/aromatic N) is 3. The molecule has 0 bridgehead atoms. The molecule has 1 atom stereocenters. The van der Waals surface area contributed by atoms with Crippen LogP contribution in [0.3, 0.4) is 0 Å². The molecule has 0 amide bonds. The second-order valence-electron chi connectivity index (χ2n) is 5.61. The lowest BCUT2D eigenvalue weighted by Gasteiger charge is -2.33. The van der Waals surface area contributed by atoms with E-state index in [1.54, 1.807) is 16.7 Å². The summed E-state index contributed by atoms with van der Waals surface area (Å²) in [7, 11) is -3.13. The molecule has 22 heavy (non-hydrogen) atoms. The van der Waals surface area contributed by atoms with Crippen LogP contribution in [0, 0.1) is 0 Å². The molecule has 1 saturated heterocycles. The highest BCUT2D eigenvalue weighted by Gasteiger charge is 2.28. The van der Waals surface area contributed by atoms with Crippen LogP contribution in [0.2, 0.25) is 0 Å². The Hall–Kier alpha value is -1.25. The van der Waals surface area contributed by atoms with E-state index in [4.69, 9.17) is 5.11 Å². The first-order chi connectivity index (χ1) is 10.5. The Balaban J connectivity index is 1.91. The minimum Gasteiger partial charge on any atom is -0.395 e. The fourth-order valence-electron chi connectivity index (χ4n) is 2.77. The number of aryl methyl sites for hydroxylation is 1. The van der Waals surface area contributed by atoms with Gasteiger partial charge >= 0.3 is 0 Å². The van der Waals surface area contributed by atoms with Gasteiger partial charge in [-0.2, -0.15) is 4.31 Å². The molecule has 2 N–H and O–H groups in total. The van der Waals surface area contributed by atoms with E-state index in [1.165, 1.54) is 6.26 Å². The molecule has 0 spiro atoms. The predicted octanol–water partition coefficient (Wildman–Crippen LogP) is 0.627. The van der Waals surface area contributed by atoms with Crippen LogP contribution >= 0.6 is 0 Å². The first kappa shape index (κ1) is 17.1. The number of aromatic nitrogens is 2. The third kappa shape index (κ3) is 4.89. The highest BCUT2D eigenvalue weighted by molar-refractivity contribution is 7.88. The molecule has 1 aromatic rings.